The highest BCUT2D eigenvalue weighted by molar-refractivity contribution is 6.02. The van der Waals surface area contributed by atoms with E-state index in [0.29, 0.717) is 25.2 Å². The third-order valence-corrected chi connectivity index (χ3v) is 8.17. The molecular weight excluding hydrogens is 500 g/mol. The van der Waals surface area contributed by atoms with Crippen molar-refractivity contribution in [1.29, 1.82) is 0 Å². The molecule has 0 amide bonds. The van der Waals surface area contributed by atoms with Gasteiger partial charge in [0.05, 0.1) is 12.8 Å². The van der Waals surface area contributed by atoms with Gasteiger partial charge in [-0.3, -0.25) is 24.0 Å². The molecule has 2 atom stereocenters. The Morgan fingerprint density at radius 1 is 0.875 bits per heavy atom. The second kappa shape index (κ2) is 17.4. The molecule has 5 heteroatoms. The van der Waals surface area contributed by atoms with Crippen LogP contribution in [-0.2, 0) is 32.0 Å². The second-order valence-corrected chi connectivity index (χ2v) is 12.1. The number of ketones is 5. The number of hydrogen-bond acceptors (Lipinski definition) is 5. The average molecular weight is 555 g/mol. The largest absolute Gasteiger partial charge is 0.300 e. The Balaban J connectivity index is 0.00000254. The molecule has 0 aliphatic heterocycles. The van der Waals surface area contributed by atoms with Crippen LogP contribution in [0.3, 0.4) is 0 Å². The number of carbonyl (C=O) groups is 5. The van der Waals surface area contributed by atoms with E-state index in [1.165, 1.54) is 13.3 Å². The molecule has 224 valence electrons. The normalized spacial score (nSPS) is 15.4. The molecule has 0 aromatic heterocycles. The summed E-state index contributed by atoms with van der Waals surface area (Å²) in [4.78, 5) is 62.0. The van der Waals surface area contributed by atoms with Crippen LogP contribution in [0.4, 0.5) is 0 Å². The second-order valence-electron chi connectivity index (χ2n) is 12.1. The molecule has 0 saturated carbocycles. The highest BCUT2D eigenvalue weighted by atomic mass is 16.2. The minimum Gasteiger partial charge on any atom is -0.300 e. The monoisotopic (exact) mass is 554 g/mol. The topological polar surface area (TPSA) is 85.3 Å². The average Bonchev–Trinajstić information content (AvgIpc) is 2.85. The summed E-state index contributed by atoms with van der Waals surface area (Å²) in [6.45, 7) is 17.9. The Morgan fingerprint density at radius 3 is 1.98 bits per heavy atom. The summed E-state index contributed by atoms with van der Waals surface area (Å²) in [5.41, 5.74) is 4.68. The van der Waals surface area contributed by atoms with Gasteiger partial charge in [-0.05, 0) is 72.6 Å². The van der Waals surface area contributed by atoms with Gasteiger partial charge >= 0.3 is 0 Å². The minimum absolute atomic E-state index is 0.00140. The van der Waals surface area contributed by atoms with Gasteiger partial charge in [0.15, 0.2) is 5.78 Å². The summed E-state index contributed by atoms with van der Waals surface area (Å²) < 4.78 is 0. The summed E-state index contributed by atoms with van der Waals surface area (Å²) >= 11 is 0. The minimum atomic E-state index is -0.103. The van der Waals surface area contributed by atoms with E-state index >= 15 is 0 Å². The molecule has 0 spiro atoms. The quantitative estimate of drug-likeness (QED) is 0.204. The van der Waals surface area contributed by atoms with E-state index in [4.69, 9.17) is 0 Å². The van der Waals surface area contributed by atoms with E-state index in [0.717, 1.165) is 53.5 Å². The first-order chi connectivity index (χ1) is 18.8. The molecule has 2 rings (SSSR count). The molecule has 0 saturated heterocycles. The van der Waals surface area contributed by atoms with Crippen molar-refractivity contribution in [3.8, 4) is 0 Å². The molecule has 1 aliphatic carbocycles. The maximum atomic E-state index is 13.6. The highest BCUT2D eigenvalue weighted by Crippen LogP contribution is 2.40. The van der Waals surface area contributed by atoms with Crippen molar-refractivity contribution < 1.29 is 24.0 Å². The van der Waals surface area contributed by atoms with E-state index < -0.39 is 0 Å². The smallest absolute Gasteiger partial charge is 0.163 e. The van der Waals surface area contributed by atoms with Crippen molar-refractivity contribution in [2.24, 2.45) is 17.8 Å². The molecule has 1 aromatic rings. The van der Waals surface area contributed by atoms with Crippen molar-refractivity contribution >= 4 is 28.9 Å². The molecule has 1 aromatic carbocycles. The summed E-state index contributed by atoms with van der Waals surface area (Å²) in [6.07, 6.45) is 6.09. The first-order valence-electron chi connectivity index (χ1n) is 15.6. The van der Waals surface area contributed by atoms with Crippen LogP contribution in [0.5, 0.6) is 0 Å². The van der Waals surface area contributed by atoms with Crippen LogP contribution < -0.4 is 0 Å². The zero-order chi connectivity index (χ0) is 30.6. The fourth-order valence-electron chi connectivity index (χ4n) is 6.19. The van der Waals surface area contributed by atoms with Crippen molar-refractivity contribution in [2.45, 2.75) is 139 Å². The van der Waals surface area contributed by atoms with Crippen LogP contribution in [0.15, 0.2) is 6.07 Å². The maximum Gasteiger partial charge on any atom is 0.163 e. The zero-order valence-electron chi connectivity index (χ0n) is 26.7. The van der Waals surface area contributed by atoms with Gasteiger partial charge in [-0.15, -0.1) is 0 Å². The molecule has 2 unspecified atom stereocenters. The molecule has 0 fully saturated rings. The number of hydrogen-bond donors (Lipinski definition) is 0. The van der Waals surface area contributed by atoms with Crippen LogP contribution in [0.25, 0.3) is 0 Å². The standard InChI is InChI=1S/C32H46O5.C3H8/c1-8-23(9-2)25(16-27(35)11-20(6)33)12-22-13-30-29(19(4)5)17-24(15-28(36)18-26(34)10-3)21(7)32(30)31(37)14-22;1-3-2/h17,19,22-23,25H,8-16,18H2,1-7H3;3H2,1-2H3. The van der Waals surface area contributed by atoms with Gasteiger partial charge in [0, 0.05) is 31.2 Å². The van der Waals surface area contributed by atoms with Gasteiger partial charge in [0.25, 0.3) is 0 Å². The number of Topliss-reactive ketones (excluding diaryl/α,β-unsaturated/α-hetero) is 5. The first kappa shape index (κ1) is 35.6. The predicted octanol–water partition coefficient (Wildman–Crippen LogP) is 8.14. The lowest BCUT2D eigenvalue weighted by molar-refractivity contribution is -0.128. The lowest BCUT2D eigenvalue weighted by atomic mass is 9.70. The summed E-state index contributed by atoms with van der Waals surface area (Å²) in [6, 6.07) is 2.08. The molecule has 1 aliphatic rings. The van der Waals surface area contributed by atoms with Crippen molar-refractivity contribution in [3.05, 3.63) is 33.9 Å². The Bertz CT molecular complexity index is 1040. The molecule has 5 nitrogen and oxygen atoms in total. The number of rotatable bonds is 15. The number of carbonyl (C=O) groups excluding carboxylic acids is 5. The van der Waals surface area contributed by atoms with Crippen LogP contribution in [-0.4, -0.2) is 28.9 Å². The SMILES string of the molecule is CCC.CCC(=O)CC(=O)Cc1cc(C(C)C)c2c(c1C)C(=O)CC(CC(CC(=O)CC(C)=O)C(CC)CC)C2. The van der Waals surface area contributed by atoms with Crippen LogP contribution >= 0.6 is 0 Å². The fourth-order valence-corrected chi connectivity index (χ4v) is 6.19. The van der Waals surface area contributed by atoms with E-state index in [1.54, 1.807) is 6.92 Å². The van der Waals surface area contributed by atoms with Crippen LogP contribution in [0.1, 0.15) is 152 Å². The van der Waals surface area contributed by atoms with E-state index in [2.05, 4.69) is 47.6 Å². The molecular formula is C35H54O5. The number of benzene rings is 1. The highest BCUT2D eigenvalue weighted by Gasteiger charge is 2.34. The maximum absolute atomic E-state index is 13.6. The third-order valence-electron chi connectivity index (χ3n) is 8.17. The molecule has 40 heavy (non-hydrogen) atoms. The lowest BCUT2D eigenvalue weighted by Crippen LogP contribution is -2.28. The number of fused-ring (bicyclic) bond motifs is 1. The molecule has 0 bridgehead atoms. The summed E-state index contributed by atoms with van der Waals surface area (Å²) in [5, 5.41) is 0. The zero-order valence-corrected chi connectivity index (χ0v) is 26.7. The summed E-state index contributed by atoms with van der Waals surface area (Å²) in [5.74, 6) is 0.758. The first-order valence-corrected chi connectivity index (χ1v) is 15.6. The van der Waals surface area contributed by atoms with Gasteiger partial charge in [0.1, 0.15) is 23.1 Å². The lowest BCUT2D eigenvalue weighted by Gasteiger charge is -2.33. The van der Waals surface area contributed by atoms with Gasteiger partial charge in [-0.25, -0.2) is 0 Å². The van der Waals surface area contributed by atoms with Gasteiger partial charge in [-0.1, -0.05) is 73.8 Å². The van der Waals surface area contributed by atoms with Crippen molar-refractivity contribution in [3.63, 3.8) is 0 Å². The van der Waals surface area contributed by atoms with Crippen molar-refractivity contribution in [2.75, 3.05) is 0 Å². The van der Waals surface area contributed by atoms with Crippen LogP contribution in [0.2, 0.25) is 0 Å². The molecule has 0 N–H and O–H groups in total. The predicted molar refractivity (Wildman–Crippen MR) is 163 cm³/mol. The molecule has 0 radical (unpaired) electrons. The van der Waals surface area contributed by atoms with Crippen molar-refractivity contribution in [1.82, 2.24) is 0 Å². The third kappa shape index (κ3) is 10.5. The Kier molecular flexibility index (Phi) is 15.5. The Morgan fingerprint density at radius 2 is 1.48 bits per heavy atom. The van der Waals surface area contributed by atoms with E-state index in [-0.39, 0.29) is 65.9 Å². The van der Waals surface area contributed by atoms with Gasteiger partial charge in [0.2, 0.25) is 0 Å². The summed E-state index contributed by atoms with van der Waals surface area (Å²) in [7, 11) is 0. The van der Waals surface area contributed by atoms with Crippen LogP contribution in [0, 0.1) is 24.7 Å². The van der Waals surface area contributed by atoms with E-state index in [1.807, 2.05) is 6.92 Å². The fraction of sp³-hybridized carbons (Fsp3) is 0.686. The Hall–Kier alpha value is -2.43. The van der Waals surface area contributed by atoms with E-state index in [9.17, 15) is 24.0 Å². The molecule has 0 heterocycles. The van der Waals surface area contributed by atoms with Gasteiger partial charge in [-0.2, -0.15) is 0 Å². The Labute approximate surface area is 243 Å². The van der Waals surface area contributed by atoms with Gasteiger partial charge < -0.3 is 0 Å².